The Morgan fingerprint density at radius 1 is 1.22 bits per heavy atom. The number of amides is 1. The third-order valence-electron chi connectivity index (χ3n) is 8.85. The van der Waals surface area contributed by atoms with Crippen molar-refractivity contribution in [1.82, 2.24) is 5.32 Å². The average Bonchev–Trinajstić information content (AvgIpc) is 3.18. The van der Waals surface area contributed by atoms with E-state index in [-0.39, 0.29) is 35.5 Å². The fourth-order valence-corrected chi connectivity index (χ4v) is 6.50. The van der Waals surface area contributed by atoms with Crippen LogP contribution in [0.25, 0.3) is 0 Å². The van der Waals surface area contributed by atoms with Gasteiger partial charge in [0.1, 0.15) is 5.75 Å². The first kappa shape index (κ1) is 28.2. The van der Waals surface area contributed by atoms with Crippen LogP contribution in [0.2, 0.25) is 5.82 Å². The highest BCUT2D eigenvalue weighted by molar-refractivity contribution is 6.47. The van der Waals surface area contributed by atoms with Crippen molar-refractivity contribution in [2.75, 3.05) is 13.1 Å². The average molecular weight is 525 g/mol. The van der Waals surface area contributed by atoms with E-state index in [0.29, 0.717) is 31.2 Å². The summed E-state index contributed by atoms with van der Waals surface area (Å²) < 4.78 is 54.8. The number of carbonyl (C=O) groups is 1. The first-order valence-electron chi connectivity index (χ1n) is 13.2. The van der Waals surface area contributed by atoms with Gasteiger partial charge in [-0.25, -0.2) is 0 Å². The van der Waals surface area contributed by atoms with Crippen LogP contribution in [0.3, 0.4) is 0 Å². The molecule has 4 aliphatic rings. The van der Waals surface area contributed by atoms with Crippen LogP contribution in [0.15, 0.2) is 24.3 Å². The maximum atomic E-state index is 12.7. The molecule has 3 aliphatic carbocycles. The lowest BCUT2D eigenvalue weighted by molar-refractivity contribution is -0.274. The third-order valence-corrected chi connectivity index (χ3v) is 8.85. The normalized spacial score (nSPS) is 29.7. The molecule has 4 fully saturated rings. The molecule has 1 heterocycles. The van der Waals surface area contributed by atoms with Crippen LogP contribution in [0.4, 0.5) is 13.2 Å². The molecule has 206 valence electrons. The van der Waals surface area contributed by atoms with Gasteiger partial charge in [0.05, 0.1) is 17.7 Å². The highest BCUT2D eigenvalue weighted by Gasteiger charge is 2.68. The molecule has 6 atom stereocenters. The molecule has 5 N–H and O–H groups in total. The first-order valence-corrected chi connectivity index (χ1v) is 13.2. The summed E-state index contributed by atoms with van der Waals surface area (Å²) in [4.78, 5) is 12.7. The number of alkyl halides is 3. The Labute approximate surface area is 217 Å². The Kier molecular flexibility index (Phi) is 8.19. The molecule has 0 aromatic heterocycles. The molecule has 1 aliphatic heterocycles. The summed E-state index contributed by atoms with van der Waals surface area (Å²) >= 11 is 0. The van der Waals surface area contributed by atoms with Crippen molar-refractivity contribution in [3.8, 4) is 5.75 Å². The van der Waals surface area contributed by atoms with Crippen LogP contribution in [0.1, 0.15) is 58.4 Å². The number of carbonyl (C=O) groups excluding carboxylic acids is 1. The number of hydrogen-bond acceptors (Lipinski definition) is 6. The maximum Gasteiger partial charge on any atom is 0.573 e. The quantitative estimate of drug-likeness (QED) is 0.300. The summed E-state index contributed by atoms with van der Waals surface area (Å²) in [5.74, 6) is 0.208. The number of nitrogens with one attached hydrogen (secondary N) is 1. The minimum atomic E-state index is -4.75. The van der Waals surface area contributed by atoms with Gasteiger partial charge in [-0.2, -0.15) is 0 Å². The molecule has 1 unspecified atom stereocenters. The van der Waals surface area contributed by atoms with Gasteiger partial charge in [-0.3, -0.25) is 4.79 Å². The first-order chi connectivity index (χ1) is 17.3. The topological polar surface area (TPSA) is 109 Å². The number of ether oxygens (including phenoxy) is 1. The van der Waals surface area contributed by atoms with E-state index in [0.717, 1.165) is 31.2 Å². The van der Waals surface area contributed by atoms with E-state index in [2.05, 4.69) is 30.8 Å². The molecule has 1 saturated heterocycles. The van der Waals surface area contributed by atoms with E-state index in [1.54, 1.807) is 12.1 Å². The third kappa shape index (κ3) is 6.10. The van der Waals surface area contributed by atoms with Gasteiger partial charge in [0, 0.05) is 12.4 Å². The smallest absolute Gasteiger partial charge is 0.406 e. The van der Waals surface area contributed by atoms with Crippen molar-refractivity contribution in [2.24, 2.45) is 28.7 Å². The van der Waals surface area contributed by atoms with Gasteiger partial charge in [0.25, 0.3) is 0 Å². The molecule has 1 amide bonds. The SMILES string of the molecule is CC1(C)[C@H]2C[C@@H]3OB(C(CNC(=O)[C@H](N)CCCCN)Cc4ccc(OC(F)(F)F)cc4)O[C@]3(C)[C@@H]1C2. The second-order valence-corrected chi connectivity index (χ2v) is 11.6. The van der Waals surface area contributed by atoms with Gasteiger partial charge in [-0.05, 0) is 80.5 Å². The lowest BCUT2D eigenvalue weighted by atomic mass is 9.43. The Morgan fingerprint density at radius 2 is 1.92 bits per heavy atom. The molecule has 37 heavy (non-hydrogen) atoms. The molecular formula is C26H39BF3N3O4. The predicted octanol–water partition coefficient (Wildman–Crippen LogP) is 3.80. The van der Waals surface area contributed by atoms with Gasteiger partial charge in [0.15, 0.2) is 0 Å². The molecule has 0 radical (unpaired) electrons. The van der Waals surface area contributed by atoms with Gasteiger partial charge < -0.3 is 30.8 Å². The van der Waals surface area contributed by atoms with Crippen LogP contribution in [0, 0.1) is 17.3 Å². The lowest BCUT2D eigenvalue weighted by Crippen LogP contribution is -2.65. The van der Waals surface area contributed by atoms with Crippen molar-refractivity contribution in [2.45, 2.75) is 89.2 Å². The minimum absolute atomic E-state index is 0.0199. The molecule has 1 aromatic rings. The molecule has 5 rings (SSSR count). The van der Waals surface area contributed by atoms with Crippen molar-refractivity contribution < 1.29 is 32.0 Å². The largest absolute Gasteiger partial charge is 0.573 e. The van der Waals surface area contributed by atoms with Crippen LogP contribution in [-0.4, -0.2) is 50.2 Å². The van der Waals surface area contributed by atoms with Gasteiger partial charge >= 0.3 is 13.5 Å². The number of nitrogens with two attached hydrogens (primary N) is 2. The molecular weight excluding hydrogens is 486 g/mol. The molecule has 1 aromatic carbocycles. The molecule has 7 nitrogen and oxygen atoms in total. The number of unbranched alkanes of at least 4 members (excludes halogenated alkanes) is 1. The van der Waals surface area contributed by atoms with E-state index in [1.807, 2.05) is 0 Å². The number of benzene rings is 1. The summed E-state index contributed by atoms with van der Waals surface area (Å²) in [5.41, 5.74) is 12.2. The lowest BCUT2D eigenvalue weighted by Gasteiger charge is -2.64. The predicted molar refractivity (Wildman–Crippen MR) is 135 cm³/mol. The second kappa shape index (κ2) is 10.7. The van der Waals surface area contributed by atoms with E-state index >= 15 is 0 Å². The summed E-state index contributed by atoms with van der Waals surface area (Å²) in [5, 5.41) is 2.95. The zero-order chi connectivity index (χ0) is 27.0. The summed E-state index contributed by atoms with van der Waals surface area (Å²) in [7, 11) is -0.551. The molecule has 3 saturated carbocycles. The van der Waals surface area contributed by atoms with Crippen molar-refractivity contribution in [1.29, 1.82) is 0 Å². The molecule has 0 spiro atoms. The van der Waals surface area contributed by atoms with Crippen molar-refractivity contribution in [3.63, 3.8) is 0 Å². The van der Waals surface area contributed by atoms with E-state index < -0.39 is 25.1 Å². The van der Waals surface area contributed by atoms with Crippen LogP contribution in [-0.2, 0) is 20.5 Å². The molecule has 11 heteroatoms. The Hall–Kier alpha value is -1.82. The van der Waals surface area contributed by atoms with Crippen LogP contribution in [0.5, 0.6) is 5.75 Å². The van der Waals surface area contributed by atoms with Crippen molar-refractivity contribution >= 4 is 13.0 Å². The Morgan fingerprint density at radius 3 is 2.54 bits per heavy atom. The van der Waals surface area contributed by atoms with Crippen LogP contribution >= 0.6 is 0 Å². The highest BCUT2D eigenvalue weighted by Crippen LogP contribution is 2.66. The number of hydrogen-bond donors (Lipinski definition) is 3. The minimum Gasteiger partial charge on any atom is -0.406 e. The summed E-state index contributed by atoms with van der Waals surface area (Å²) in [6, 6.07) is 5.14. The fourth-order valence-electron chi connectivity index (χ4n) is 6.50. The number of rotatable bonds is 11. The van der Waals surface area contributed by atoms with Gasteiger partial charge in [-0.15, -0.1) is 13.2 Å². The number of halogens is 3. The monoisotopic (exact) mass is 525 g/mol. The zero-order valence-corrected chi connectivity index (χ0v) is 21.9. The zero-order valence-electron chi connectivity index (χ0n) is 21.9. The van der Waals surface area contributed by atoms with Gasteiger partial charge in [-0.1, -0.05) is 32.4 Å². The summed E-state index contributed by atoms with van der Waals surface area (Å²) in [6.07, 6.45) is -0.144. The Balaban J connectivity index is 1.45. The van der Waals surface area contributed by atoms with E-state index in [4.69, 9.17) is 20.8 Å². The van der Waals surface area contributed by atoms with Gasteiger partial charge in [0.2, 0.25) is 5.91 Å². The second-order valence-electron chi connectivity index (χ2n) is 11.6. The summed E-state index contributed by atoms with van der Waals surface area (Å²) in [6.45, 7) is 7.54. The highest BCUT2D eigenvalue weighted by atomic mass is 19.4. The van der Waals surface area contributed by atoms with E-state index in [9.17, 15) is 18.0 Å². The fraction of sp³-hybridized carbons (Fsp3) is 0.731. The molecule has 2 bridgehead atoms. The van der Waals surface area contributed by atoms with E-state index in [1.165, 1.54) is 12.1 Å². The van der Waals surface area contributed by atoms with Crippen molar-refractivity contribution in [3.05, 3.63) is 29.8 Å². The standard InChI is InChI=1S/C26H39BF3N3O4/c1-24(2)17-13-21(24)25(3)22(14-17)36-27(37-25)18(15-33-23(34)20(32)6-4-5-11-31)12-16-7-9-19(10-8-16)35-26(28,29)30/h7-10,17-18,20-22H,4-6,11-15,31-32H2,1-3H3,(H,33,34)/t17-,18?,20-,21-,22+,25-/m1/s1. The van der Waals surface area contributed by atoms with Crippen LogP contribution < -0.4 is 21.5 Å². The maximum absolute atomic E-state index is 12.7. The Bertz CT molecular complexity index is 948.